The van der Waals surface area contributed by atoms with E-state index in [1.807, 2.05) is 60.7 Å². The standard InChI is InChI=1S/C22H14GeO4/c24-21(19-13-5-9-15-7-1-3-11-17(15)19)26-23-27-22(25)20-14-6-10-16-8-2-4-12-18(16)20/h1-14H. The Morgan fingerprint density at radius 3 is 1.44 bits per heavy atom. The van der Waals surface area contributed by atoms with Crippen LogP contribution in [0.25, 0.3) is 21.5 Å². The van der Waals surface area contributed by atoms with Crippen molar-refractivity contribution in [1.82, 2.24) is 0 Å². The molecule has 0 amide bonds. The normalized spacial score (nSPS) is 10.7. The molecule has 4 aromatic carbocycles. The Hall–Kier alpha value is -3.12. The molecule has 0 bridgehead atoms. The van der Waals surface area contributed by atoms with E-state index in [0.29, 0.717) is 11.1 Å². The van der Waals surface area contributed by atoms with Gasteiger partial charge in [-0.2, -0.15) is 0 Å². The molecule has 0 unspecified atom stereocenters. The zero-order chi connectivity index (χ0) is 18.6. The molecule has 0 heterocycles. The van der Waals surface area contributed by atoms with Gasteiger partial charge in [0, 0.05) is 0 Å². The van der Waals surface area contributed by atoms with Gasteiger partial charge in [0.2, 0.25) is 0 Å². The number of fused-ring (bicyclic) bond motifs is 2. The second-order valence-corrected chi connectivity index (χ2v) is 7.12. The van der Waals surface area contributed by atoms with Crippen LogP contribution in [0.2, 0.25) is 0 Å². The summed E-state index contributed by atoms with van der Waals surface area (Å²) in [5.41, 5.74) is 0.941. The molecule has 0 fully saturated rings. The average Bonchev–Trinajstić information content (AvgIpc) is 2.72. The quantitative estimate of drug-likeness (QED) is 0.460. The summed E-state index contributed by atoms with van der Waals surface area (Å²) in [6.45, 7) is 0. The predicted molar refractivity (Wildman–Crippen MR) is 104 cm³/mol. The van der Waals surface area contributed by atoms with Crippen LogP contribution in [0.5, 0.6) is 0 Å². The van der Waals surface area contributed by atoms with E-state index in [-0.39, 0.29) is 0 Å². The molecule has 0 aliphatic rings. The van der Waals surface area contributed by atoms with Gasteiger partial charge in [0.1, 0.15) is 0 Å². The van der Waals surface area contributed by atoms with Crippen LogP contribution in [-0.4, -0.2) is 28.0 Å². The number of hydrogen-bond acceptors (Lipinski definition) is 4. The maximum atomic E-state index is 12.4. The van der Waals surface area contributed by atoms with Gasteiger partial charge in [-0.1, -0.05) is 0 Å². The third-order valence-electron chi connectivity index (χ3n) is 4.29. The van der Waals surface area contributed by atoms with Gasteiger partial charge in [-0.3, -0.25) is 0 Å². The number of benzene rings is 4. The van der Waals surface area contributed by atoms with Gasteiger partial charge in [-0.15, -0.1) is 0 Å². The van der Waals surface area contributed by atoms with Crippen molar-refractivity contribution in [2.75, 3.05) is 0 Å². The van der Waals surface area contributed by atoms with E-state index in [1.54, 1.807) is 24.3 Å². The van der Waals surface area contributed by atoms with Gasteiger partial charge in [0.05, 0.1) is 0 Å². The van der Waals surface area contributed by atoms with Crippen LogP contribution < -0.4 is 0 Å². The van der Waals surface area contributed by atoms with Gasteiger partial charge in [0.15, 0.2) is 0 Å². The molecule has 5 heteroatoms. The first-order valence-electron chi connectivity index (χ1n) is 8.37. The molecule has 4 aromatic rings. The molecule has 0 atom stereocenters. The van der Waals surface area contributed by atoms with E-state index in [4.69, 9.17) is 7.53 Å². The predicted octanol–water partition coefficient (Wildman–Crippen LogP) is 4.54. The fourth-order valence-electron chi connectivity index (χ4n) is 3.01. The zero-order valence-corrected chi connectivity index (χ0v) is 16.3. The minimum absolute atomic E-state index is 0.470. The molecule has 0 N–H and O–H groups in total. The molecule has 0 spiro atoms. The van der Waals surface area contributed by atoms with Crippen molar-refractivity contribution in [3.8, 4) is 0 Å². The van der Waals surface area contributed by atoms with Crippen molar-refractivity contribution in [1.29, 1.82) is 0 Å². The van der Waals surface area contributed by atoms with Crippen LogP contribution in [0.1, 0.15) is 20.7 Å². The molecular formula is C22H14GeO4. The summed E-state index contributed by atoms with van der Waals surface area (Å²) in [6.07, 6.45) is 0. The molecule has 0 aromatic heterocycles. The van der Waals surface area contributed by atoms with Crippen LogP contribution in [0, 0.1) is 0 Å². The molecule has 0 saturated carbocycles. The average molecular weight is 415 g/mol. The summed E-state index contributed by atoms with van der Waals surface area (Å²) in [6, 6.07) is 26.1. The monoisotopic (exact) mass is 416 g/mol. The Labute approximate surface area is 162 Å². The van der Waals surface area contributed by atoms with E-state index in [9.17, 15) is 9.59 Å². The summed E-state index contributed by atoms with van der Waals surface area (Å²) >= 11 is -1.67. The zero-order valence-electron chi connectivity index (χ0n) is 14.2. The summed E-state index contributed by atoms with van der Waals surface area (Å²) < 4.78 is 10.6. The Kier molecular flexibility index (Phi) is 4.89. The van der Waals surface area contributed by atoms with Crippen LogP contribution in [0.3, 0.4) is 0 Å². The van der Waals surface area contributed by atoms with Crippen molar-refractivity contribution >= 4 is 49.6 Å². The molecule has 130 valence electrons. The molecule has 0 saturated heterocycles. The van der Waals surface area contributed by atoms with Crippen LogP contribution in [0.15, 0.2) is 84.9 Å². The third kappa shape index (κ3) is 3.57. The molecule has 4 rings (SSSR count). The molecular weight excluding hydrogens is 401 g/mol. The topological polar surface area (TPSA) is 52.6 Å². The second-order valence-electron chi connectivity index (χ2n) is 5.92. The Bertz CT molecular complexity index is 1050. The third-order valence-corrected chi connectivity index (χ3v) is 5.42. The number of carbonyl (C=O) groups is 2. The number of carbonyl (C=O) groups excluding carboxylic acids is 2. The Morgan fingerprint density at radius 2 is 0.963 bits per heavy atom. The van der Waals surface area contributed by atoms with Crippen LogP contribution in [0.4, 0.5) is 0 Å². The first-order chi connectivity index (χ1) is 13.2. The number of hydrogen-bond donors (Lipinski definition) is 0. The first kappa shape index (κ1) is 17.3. The fourth-order valence-corrected chi connectivity index (χ4v) is 3.88. The van der Waals surface area contributed by atoms with E-state index in [0.717, 1.165) is 21.5 Å². The molecule has 0 aliphatic heterocycles. The molecule has 4 nitrogen and oxygen atoms in total. The van der Waals surface area contributed by atoms with Crippen molar-refractivity contribution in [3.63, 3.8) is 0 Å². The van der Waals surface area contributed by atoms with Gasteiger partial charge in [0.25, 0.3) is 0 Å². The summed E-state index contributed by atoms with van der Waals surface area (Å²) in [4.78, 5) is 24.8. The van der Waals surface area contributed by atoms with Gasteiger partial charge in [-0.05, 0) is 0 Å². The first-order valence-corrected chi connectivity index (χ1v) is 10.1. The van der Waals surface area contributed by atoms with Crippen molar-refractivity contribution in [2.45, 2.75) is 0 Å². The van der Waals surface area contributed by atoms with E-state index >= 15 is 0 Å². The second kappa shape index (κ2) is 7.64. The van der Waals surface area contributed by atoms with Crippen molar-refractivity contribution in [2.24, 2.45) is 0 Å². The maximum absolute atomic E-state index is 12.4. The fraction of sp³-hybridized carbons (Fsp3) is 0. The van der Waals surface area contributed by atoms with E-state index < -0.39 is 28.0 Å². The van der Waals surface area contributed by atoms with Gasteiger partial charge >= 0.3 is 163 Å². The summed E-state index contributed by atoms with van der Waals surface area (Å²) in [5.74, 6) is -0.949. The van der Waals surface area contributed by atoms with Crippen LogP contribution in [-0.2, 0) is 7.53 Å². The summed E-state index contributed by atoms with van der Waals surface area (Å²) in [5, 5.41) is 3.55. The van der Waals surface area contributed by atoms with E-state index in [2.05, 4.69) is 0 Å². The van der Waals surface area contributed by atoms with E-state index in [1.165, 1.54) is 0 Å². The van der Waals surface area contributed by atoms with Crippen LogP contribution >= 0.6 is 0 Å². The van der Waals surface area contributed by atoms with Gasteiger partial charge in [-0.25, -0.2) is 0 Å². The van der Waals surface area contributed by atoms with Gasteiger partial charge < -0.3 is 0 Å². The Balaban J connectivity index is 1.46. The number of rotatable bonds is 4. The SMILES string of the molecule is O=C([O][Ge][O]C(=O)c1cccc2ccccc12)c1cccc2ccccc12. The Morgan fingerprint density at radius 1 is 0.556 bits per heavy atom. The molecule has 0 aliphatic carbocycles. The molecule has 2 radical (unpaired) electrons. The summed E-state index contributed by atoms with van der Waals surface area (Å²) in [7, 11) is 0. The van der Waals surface area contributed by atoms with Crippen molar-refractivity contribution in [3.05, 3.63) is 96.1 Å². The molecule has 27 heavy (non-hydrogen) atoms. The minimum atomic E-state index is -1.67. The van der Waals surface area contributed by atoms with Crippen molar-refractivity contribution < 1.29 is 17.1 Å².